The lowest BCUT2D eigenvalue weighted by Crippen LogP contribution is -2.32. The third-order valence-corrected chi connectivity index (χ3v) is 9.59. The molecule has 0 amide bonds. The number of fused-ring (bicyclic) bond motifs is 2. The average Bonchev–Trinajstić information content (AvgIpc) is 3.72. The molecule has 3 aromatic heterocycles. The number of alkyl halides is 1. The second-order valence-corrected chi connectivity index (χ2v) is 14.5. The largest absolute Gasteiger partial charge is 0.582 e. The molecule has 0 saturated carbocycles. The average molecular weight is 713 g/mol. The van der Waals surface area contributed by atoms with E-state index in [9.17, 15) is 23.7 Å². The number of nitrogens with one attached hydrogen (secondary N) is 2. The zero-order valence-electron chi connectivity index (χ0n) is 22.6. The molecule has 3 aliphatic rings. The van der Waals surface area contributed by atoms with Crippen molar-refractivity contribution in [3.8, 4) is 0 Å². The number of nitrogens with zero attached hydrogens (tertiary/aromatic N) is 5. The number of nitrogen functional groups attached to an aromatic ring is 1. The number of anilines is 2. The molecule has 0 bridgehead atoms. The number of ether oxygens (including phenoxy) is 2. The van der Waals surface area contributed by atoms with E-state index >= 15 is 4.39 Å². The highest BCUT2D eigenvalue weighted by molar-refractivity contribution is 8.39. The Labute approximate surface area is 262 Å². The summed E-state index contributed by atoms with van der Waals surface area (Å²) >= 11 is 8.97. The molecule has 0 spiro atoms. The van der Waals surface area contributed by atoms with Gasteiger partial charge in [-0.25, -0.2) is 13.8 Å². The lowest BCUT2D eigenvalue weighted by Gasteiger charge is -2.26. The second-order valence-electron chi connectivity index (χ2n) is 10.1. The number of aliphatic hydroxyl groups excluding tert-OH is 1. The summed E-state index contributed by atoms with van der Waals surface area (Å²) in [6.45, 7) is -5.57. The zero-order valence-corrected chi connectivity index (χ0v) is 26.1. The zero-order chi connectivity index (χ0) is 32.2. The molecule has 10 atom stereocenters. The molecule has 8 N–H and O–H groups in total. The molecule has 24 heteroatoms. The molecule has 3 aliphatic heterocycles. The van der Waals surface area contributed by atoms with Crippen molar-refractivity contribution in [2.24, 2.45) is 10.7 Å². The number of halogens is 2. The van der Waals surface area contributed by atoms with E-state index in [1.165, 1.54) is 10.9 Å². The standard InChI is InChI=1S/C21H25F2N9O9P2S2/c22-7-2-31(17-12(7)16(24)26-5-27-17)11-1-8(40-42(35)44)10(38-11)4-37-43(36,45)41-15-13(23)9(3-33)39-20(15)32-6-28-14-18(32)29-21(25)30-19(14)34/h2,5-6,8-11,13,15-16,20,33H,1,3-4,24H2,(H5-,25,26,27,29,30,34,35,36,44,45)/p+1/t8-,9+,10+,11+,13+,15+,16?,20+,43?/m0/s1. The van der Waals surface area contributed by atoms with Gasteiger partial charge in [-0.1, -0.05) is 0 Å². The number of hydrogen-bond acceptors (Lipinski definition) is 15. The normalized spacial score (nSPS) is 31.2. The first kappa shape index (κ1) is 32.5. The summed E-state index contributed by atoms with van der Waals surface area (Å²) < 4.78 is 72.7. The first-order chi connectivity index (χ1) is 21.4. The van der Waals surface area contributed by atoms with Crippen LogP contribution in [0.5, 0.6) is 0 Å². The highest BCUT2D eigenvalue weighted by Crippen LogP contribution is 2.51. The summed E-state index contributed by atoms with van der Waals surface area (Å²) in [5.74, 6) is -0.595. The van der Waals surface area contributed by atoms with Crippen LogP contribution in [0.4, 0.5) is 20.5 Å². The van der Waals surface area contributed by atoms with E-state index in [1.807, 2.05) is 0 Å². The van der Waals surface area contributed by atoms with E-state index in [4.69, 9.17) is 46.3 Å². The first-order valence-electron chi connectivity index (χ1n) is 13.1. The van der Waals surface area contributed by atoms with Crippen molar-refractivity contribution in [2.75, 3.05) is 24.3 Å². The molecule has 244 valence electrons. The fourth-order valence-electron chi connectivity index (χ4n) is 5.33. The lowest BCUT2D eigenvalue weighted by molar-refractivity contribution is -0.0530. The van der Waals surface area contributed by atoms with Crippen LogP contribution in [0.3, 0.4) is 0 Å². The van der Waals surface area contributed by atoms with Gasteiger partial charge in [0.25, 0.3) is 5.56 Å². The Balaban J connectivity index is 1.20. The summed E-state index contributed by atoms with van der Waals surface area (Å²) in [6, 6.07) is 0. The van der Waals surface area contributed by atoms with Crippen LogP contribution in [0.2, 0.25) is 0 Å². The van der Waals surface area contributed by atoms with Crippen molar-refractivity contribution >= 4 is 67.3 Å². The summed E-state index contributed by atoms with van der Waals surface area (Å²) in [5, 5.41) is 12.5. The van der Waals surface area contributed by atoms with Crippen LogP contribution >= 0.6 is 26.2 Å². The van der Waals surface area contributed by atoms with Crippen LogP contribution in [0, 0.1) is 5.82 Å². The Bertz CT molecular complexity index is 1760. The van der Waals surface area contributed by atoms with Gasteiger partial charge < -0.3 is 45.3 Å². The van der Waals surface area contributed by atoms with E-state index in [0.717, 1.165) is 17.1 Å². The summed E-state index contributed by atoms with van der Waals surface area (Å²) in [4.78, 5) is 37.4. The summed E-state index contributed by atoms with van der Waals surface area (Å²) in [5.41, 5.74) is 10.8. The Morgan fingerprint density at radius 1 is 1.33 bits per heavy atom. The minimum Gasteiger partial charge on any atom is -0.394 e. The molecule has 3 unspecified atom stereocenters. The predicted molar refractivity (Wildman–Crippen MR) is 159 cm³/mol. The number of aromatic nitrogens is 5. The number of nitrogens with two attached hydrogens (primary N) is 2. The van der Waals surface area contributed by atoms with Crippen molar-refractivity contribution < 1.29 is 46.4 Å². The molecular formula is C21H26F2N9O9P2S2+. The number of aliphatic hydroxyl groups is 1. The van der Waals surface area contributed by atoms with E-state index in [0.29, 0.717) is 0 Å². The number of H-pyrrole nitrogens is 1. The van der Waals surface area contributed by atoms with Gasteiger partial charge in [-0.3, -0.25) is 23.9 Å². The van der Waals surface area contributed by atoms with Crippen LogP contribution in [-0.2, 0) is 39.4 Å². The molecule has 6 heterocycles. The maximum absolute atomic E-state index is 15.4. The number of aliphatic imine (C=N–C) groups is 1. The Hall–Kier alpha value is -2.46. The smallest absolute Gasteiger partial charge is 0.394 e. The predicted octanol–water partition coefficient (Wildman–Crippen LogP) is 0.860. The first-order valence-corrected chi connectivity index (χ1v) is 18.0. The minimum absolute atomic E-state index is 0.0473. The van der Waals surface area contributed by atoms with Crippen molar-refractivity contribution in [1.29, 1.82) is 0 Å². The highest BCUT2D eigenvalue weighted by atomic mass is 32.7. The SMILES string of the molecule is Nc1nc2c(ncn2[C@@H]2O[C@H](CO)[C@@H](F)[C@H]2OP(O)(=S)OC[C@H]2O[C@@H](n3cc(F)c4c3NC=NC4N)C[C@@H]2O[P+](=O)S)c(=O)[nH]1. The van der Waals surface area contributed by atoms with Crippen LogP contribution in [0.25, 0.3) is 11.2 Å². The number of hydrogen-bond donors (Lipinski definition) is 7. The van der Waals surface area contributed by atoms with Gasteiger partial charge in [-0.15, -0.1) is 4.52 Å². The van der Waals surface area contributed by atoms with Crippen molar-refractivity contribution in [3.63, 3.8) is 0 Å². The molecule has 2 fully saturated rings. The molecule has 45 heavy (non-hydrogen) atoms. The van der Waals surface area contributed by atoms with E-state index < -0.39 is 87.7 Å². The topological polar surface area (TPSA) is 249 Å². The van der Waals surface area contributed by atoms with Crippen LogP contribution in [-0.4, -0.2) is 84.2 Å². The van der Waals surface area contributed by atoms with E-state index in [2.05, 4.69) is 37.5 Å². The molecular weight excluding hydrogens is 686 g/mol. The van der Waals surface area contributed by atoms with Crippen LogP contribution in [0.1, 0.15) is 30.6 Å². The van der Waals surface area contributed by atoms with E-state index in [-0.39, 0.29) is 34.9 Å². The van der Waals surface area contributed by atoms with Gasteiger partial charge in [0.05, 0.1) is 31.4 Å². The molecule has 18 nitrogen and oxygen atoms in total. The van der Waals surface area contributed by atoms with Gasteiger partial charge in [0.2, 0.25) is 5.95 Å². The second kappa shape index (κ2) is 12.6. The lowest BCUT2D eigenvalue weighted by atomic mass is 10.1. The minimum atomic E-state index is -4.32. The van der Waals surface area contributed by atoms with Gasteiger partial charge in [-0.2, -0.15) is 4.98 Å². The van der Waals surface area contributed by atoms with Gasteiger partial charge in [-0.05, 0) is 16.4 Å². The number of thiol groups is 1. The van der Waals surface area contributed by atoms with Crippen LogP contribution < -0.4 is 22.3 Å². The maximum atomic E-state index is 15.4. The third-order valence-electron chi connectivity index (χ3n) is 7.30. The van der Waals surface area contributed by atoms with E-state index in [1.54, 1.807) is 0 Å². The molecule has 3 aromatic rings. The van der Waals surface area contributed by atoms with Crippen molar-refractivity contribution in [2.45, 2.75) is 55.6 Å². The maximum Gasteiger partial charge on any atom is 0.582 e. The molecule has 0 aliphatic carbocycles. The van der Waals surface area contributed by atoms with Gasteiger partial charge in [0.1, 0.15) is 60.7 Å². The fraction of sp³-hybridized carbons (Fsp3) is 0.524. The van der Waals surface area contributed by atoms with Gasteiger partial charge in [0.15, 0.2) is 23.6 Å². The number of rotatable bonds is 10. The monoisotopic (exact) mass is 712 g/mol. The van der Waals surface area contributed by atoms with Gasteiger partial charge in [0, 0.05) is 12.6 Å². The third kappa shape index (κ3) is 6.30. The van der Waals surface area contributed by atoms with Gasteiger partial charge >= 0.3 is 13.9 Å². The molecule has 6 rings (SSSR count). The molecule has 2 saturated heterocycles. The Kier molecular flexibility index (Phi) is 9.11. The van der Waals surface area contributed by atoms with Crippen molar-refractivity contribution in [3.05, 3.63) is 34.3 Å². The molecule has 0 aromatic carbocycles. The number of imidazole rings is 1. The van der Waals surface area contributed by atoms with Crippen LogP contribution in [0.15, 0.2) is 22.3 Å². The number of aromatic amines is 1. The van der Waals surface area contributed by atoms with Crippen molar-refractivity contribution in [1.82, 2.24) is 24.1 Å². The highest BCUT2D eigenvalue weighted by Gasteiger charge is 2.50. The molecule has 0 radical (unpaired) electrons. The summed E-state index contributed by atoms with van der Waals surface area (Å²) in [6.07, 6.45) is -6.65. The fourth-order valence-corrected chi connectivity index (χ4v) is 7.55. The Morgan fingerprint density at radius 3 is 2.84 bits per heavy atom. The quantitative estimate of drug-likeness (QED) is 0.114. The summed E-state index contributed by atoms with van der Waals surface area (Å²) in [7, 11) is -2.43. The Morgan fingerprint density at radius 2 is 2.11 bits per heavy atom.